The van der Waals surface area contributed by atoms with Gasteiger partial charge in [-0.25, -0.2) is 0 Å². The summed E-state index contributed by atoms with van der Waals surface area (Å²) < 4.78 is 0. The molecule has 0 aromatic heterocycles. The molecule has 2 saturated heterocycles. The van der Waals surface area contributed by atoms with Crippen molar-refractivity contribution in [2.45, 2.75) is 25.7 Å². The van der Waals surface area contributed by atoms with Gasteiger partial charge >= 0.3 is 0 Å². The van der Waals surface area contributed by atoms with E-state index in [0.717, 1.165) is 58.3 Å². The van der Waals surface area contributed by atoms with Crippen LogP contribution in [0.25, 0.3) is 0 Å². The molecule has 2 aliphatic rings. The average molecular weight is 258 g/mol. The van der Waals surface area contributed by atoms with Crippen LogP contribution < -0.4 is 5.32 Å². The molecule has 1 amide bonds. The molecule has 0 radical (unpaired) electrons. The van der Waals surface area contributed by atoms with Crippen LogP contribution in [0.3, 0.4) is 0 Å². The van der Waals surface area contributed by atoms with Crippen molar-refractivity contribution in [2.24, 2.45) is 11.8 Å². The molecule has 5 heteroatoms. The van der Waals surface area contributed by atoms with E-state index >= 15 is 0 Å². The van der Waals surface area contributed by atoms with Gasteiger partial charge in [0.15, 0.2) is 0 Å². The number of carbonyl (C=O) groups excluding carboxylic acids is 1. The van der Waals surface area contributed by atoms with Gasteiger partial charge < -0.3 is 20.4 Å². The molecule has 18 heavy (non-hydrogen) atoms. The van der Waals surface area contributed by atoms with Crippen LogP contribution in [0.2, 0.25) is 0 Å². The topological polar surface area (TPSA) is 72.8 Å². The highest BCUT2D eigenvalue weighted by Crippen LogP contribution is 2.14. The average Bonchev–Trinajstić information content (AvgIpc) is 2.49. The van der Waals surface area contributed by atoms with Crippen LogP contribution in [0.4, 0.5) is 0 Å². The smallest absolute Gasteiger partial charge is 0.209 e. The summed E-state index contributed by atoms with van der Waals surface area (Å²) in [4.78, 5) is 12.0. The van der Waals surface area contributed by atoms with Crippen molar-refractivity contribution in [1.29, 1.82) is 0 Å². The minimum atomic E-state index is 0.271. The maximum absolute atomic E-state index is 10.2. The van der Waals surface area contributed by atoms with E-state index in [9.17, 15) is 4.79 Å². The highest BCUT2D eigenvalue weighted by Gasteiger charge is 2.16. The van der Waals surface area contributed by atoms with Gasteiger partial charge in [-0.2, -0.15) is 0 Å². The van der Waals surface area contributed by atoms with Crippen LogP contribution in [0.1, 0.15) is 25.7 Å². The second kappa shape index (κ2) is 9.30. The number of amides is 1. The highest BCUT2D eigenvalue weighted by molar-refractivity contribution is 5.47. The molecule has 5 nitrogen and oxygen atoms in total. The third-order valence-electron chi connectivity index (χ3n) is 3.77. The molecule has 0 saturated carbocycles. The SMILES string of the molecule is O=CN1CCC(CO)CC1.OCC1CCNCC1. The number of rotatable bonds is 3. The van der Waals surface area contributed by atoms with E-state index in [4.69, 9.17) is 10.2 Å². The molecule has 0 aromatic rings. The molecule has 106 valence electrons. The number of aliphatic hydroxyl groups is 2. The van der Waals surface area contributed by atoms with E-state index in [-0.39, 0.29) is 6.61 Å². The van der Waals surface area contributed by atoms with Gasteiger partial charge in [0.05, 0.1) is 0 Å². The van der Waals surface area contributed by atoms with Gasteiger partial charge in [0, 0.05) is 26.3 Å². The van der Waals surface area contributed by atoms with Gasteiger partial charge in [-0.05, 0) is 50.6 Å². The quantitative estimate of drug-likeness (QED) is 0.614. The lowest BCUT2D eigenvalue weighted by molar-refractivity contribution is -0.119. The van der Waals surface area contributed by atoms with Crippen molar-refractivity contribution in [3.05, 3.63) is 0 Å². The summed E-state index contributed by atoms with van der Waals surface area (Å²) in [5.41, 5.74) is 0. The first kappa shape index (κ1) is 15.4. The summed E-state index contributed by atoms with van der Waals surface area (Å²) in [5.74, 6) is 1.01. The first-order valence-corrected chi connectivity index (χ1v) is 6.92. The summed E-state index contributed by atoms with van der Waals surface area (Å²) in [6.07, 6.45) is 5.09. The summed E-state index contributed by atoms with van der Waals surface area (Å²) in [6.45, 7) is 4.45. The van der Waals surface area contributed by atoms with Crippen molar-refractivity contribution in [1.82, 2.24) is 10.2 Å². The predicted octanol–water partition coefficient (Wildman–Crippen LogP) is -0.175. The van der Waals surface area contributed by atoms with Gasteiger partial charge in [0.1, 0.15) is 0 Å². The molecule has 2 fully saturated rings. The van der Waals surface area contributed by atoms with E-state index < -0.39 is 0 Å². The van der Waals surface area contributed by atoms with E-state index in [1.165, 1.54) is 0 Å². The molecule has 0 spiro atoms. The number of nitrogens with zero attached hydrogens (tertiary/aromatic N) is 1. The molecule has 2 rings (SSSR count). The van der Waals surface area contributed by atoms with Crippen molar-refractivity contribution < 1.29 is 15.0 Å². The van der Waals surface area contributed by atoms with Gasteiger partial charge in [0.2, 0.25) is 6.41 Å². The third-order valence-corrected chi connectivity index (χ3v) is 3.77. The van der Waals surface area contributed by atoms with Crippen molar-refractivity contribution in [2.75, 3.05) is 39.4 Å². The minimum absolute atomic E-state index is 0.271. The Morgan fingerprint density at radius 1 is 1.00 bits per heavy atom. The molecule has 2 aliphatic heterocycles. The monoisotopic (exact) mass is 258 g/mol. The normalized spacial score (nSPS) is 22.2. The Hall–Kier alpha value is -0.650. The summed E-state index contributed by atoms with van der Waals surface area (Å²) in [6, 6.07) is 0. The zero-order chi connectivity index (χ0) is 13.2. The van der Waals surface area contributed by atoms with E-state index in [0.29, 0.717) is 18.4 Å². The highest BCUT2D eigenvalue weighted by atomic mass is 16.3. The summed E-state index contributed by atoms with van der Waals surface area (Å²) in [7, 11) is 0. The number of hydrogen-bond acceptors (Lipinski definition) is 4. The number of hydrogen-bond donors (Lipinski definition) is 3. The maximum Gasteiger partial charge on any atom is 0.209 e. The van der Waals surface area contributed by atoms with Crippen molar-refractivity contribution in [3.8, 4) is 0 Å². The Bertz CT molecular complexity index is 212. The molecule has 3 N–H and O–H groups in total. The Labute approximate surface area is 109 Å². The first-order valence-electron chi connectivity index (χ1n) is 6.92. The van der Waals surface area contributed by atoms with Gasteiger partial charge in [-0.3, -0.25) is 4.79 Å². The fourth-order valence-electron chi connectivity index (χ4n) is 2.31. The van der Waals surface area contributed by atoms with E-state index in [2.05, 4.69) is 5.32 Å². The standard InChI is InChI=1S/C7H13NO2.C6H13NO/c9-5-7-1-3-8(6-10)4-2-7;8-5-6-1-3-7-4-2-6/h6-7,9H,1-5H2;6-8H,1-5H2. The Balaban J connectivity index is 0.000000184. The Morgan fingerprint density at radius 3 is 1.89 bits per heavy atom. The van der Waals surface area contributed by atoms with Gasteiger partial charge in [-0.15, -0.1) is 0 Å². The molecule has 0 aliphatic carbocycles. The van der Waals surface area contributed by atoms with Crippen LogP contribution in [0, 0.1) is 11.8 Å². The molecule has 2 heterocycles. The number of piperidine rings is 2. The van der Waals surface area contributed by atoms with Gasteiger partial charge in [0.25, 0.3) is 0 Å². The molecule has 0 unspecified atom stereocenters. The largest absolute Gasteiger partial charge is 0.396 e. The van der Waals surface area contributed by atoms with Crippen molar-refractivity contribution in [3.63, 3.8) is 0 Å². The number of nitrogens with one attached hydrogen (secondary N) is 1. The van der Waals surface area contributed by atoms with Crippen LogP contribution in [-0.2, 0) is 4.79 Å². The minimum Gasteiger partial charge on any atom is -0.396 e. The maximum atomic E-state index is 10.2. The second-order valence-corrected chi connectivity index (χ2v) is 5.14. The summed E-state index contributed by atoms with van der Waals surface area (Å²) in [5, 5.41) is 20.6. The molecule has 0 bridgehead atoms. The Morgan fingerprint density at radius 2 is 1.50 bits per heavy atom. The third kappa shape index (κ3) is 5.80. The molecule has 0 aromatic carbocycles. The summed E-state index contributed by atoms with van der Waals surface area (Å²) >= 11 is 0. The number of likely N-dealkylation sites (tertiary alicyclic amines) is 1. The molecular formula is C13H26N2O3. The van der Waals surface area contributed by atoms with Crippen LogP contribution in [-0.4, -0.2) is 60.9 Å². The lowest BCUT2D eigenvalue weighted by atomic mass is 9.98. The Kier molecular flexibility index (Phi) is 7.96. The second-order valence-electron chi connectivity index (χ2n) is 5.14. The molecule has 0 atom stereocenters. The predicted molar refractivity (Wildman–Crippen MR) is 70.1 cm³/mol. The van der Waals surface area contributed by atoms with Gasteiger partial charge in [-0.1, -0.05) is 0 Å². The number of carbonyl (C=O) groups is 1. The zero-order valence-corrected chi connectivity index (χ0v) is 11.1. The molecular weight excluding hydrogens is 232 g/mol. The van der Waals surface area contributed by atoms with Crippen LogP contribution in [0.15, 0.2) is 0 Å². The van der Waals surface area contributed by atoms with E-state index in [1.54, 1.807) is 4.90 Å². The number of aliphatic hydroxyl groups excluding tert-OH is 2. The lowest BCUT2D eigenvalue weighted by Crippen LogP contribution is -2.33. The van der Waals surface area contributed by atoms with Crippen LogP contribution >= 0.6 is 0 Å². The fraction of sp³-hybridized carbons (Fsp3) is 0.923. The fourth-order valence-corrected chi connectivity index (χ4v) is 2.31. The lowest BCUT2D eigenvalue weighted by Gasteiger charge is -2.27. The van der Waals surface area contributed by atoms with Crippen molar-refractivity contribution >= 4 is 6.41 Å². The van der Waals surface area contributed by atoms with Crippen LogP contribution in [0.5, 0.6) is 0 Å². The van der Waals surface area contributed by atoms with E-state index in [1.807, 2.05) is 0 Å². The zero-order valence-electron chi connectivity index (χ0n) is 11.1. The first-order chi connectivity index (χ1) is 8.80.